The SMILES string of the molecule is CNCCCc1cnn(-c2ccccc2C)c1. The third-order valence-corrected chi connectivity index (χ3v) is 2.89. The number of aromatic nitrogens is 2. The van der Waals surface area contributed by atoms with Crippen molar-refractivity contribution in [1.29, 1.82) is 0 Å². The van der Waals surface area contributed by atoms with E-state index in [1.807, 2.05) is 24.0 Å². The van der Waals surface area contributed by atoms with Crippen LogP contribution in [0.25, 0.3) is 5.69 Å². The molecule has 0 saturated carbocycles. The number of para-hydroxylation sites is 1. The molecule has 1 N–H and O–H groups in total. The Labute approximate surface area is 102 Å². The minimum absolute atomic E-state index is 1.05. The maximum absolute atomic E-state index is 4.42. The Morgan fingerprint density at radius 1 is 1.29 bits per heavy atom. The highest BCUT2D eigenvalue weighted by Gasteiger charge is 2.02. The maximum Gasteiger partial charge on any atom is 0.0674 e. The molecule has 0 aliphatic carbocycles. The molecule has 0 spiro atoms. The first kappa shape index (κ1) is 11.9. The van der Waals surface area contributed by atoms with E-state index in [9.17, 15) is 0 Å². The van der Waals surface area contributed by atoms with Crippen LogP contribution >= 0.6 is 0 Å². The Hall–Kier alpha value is -1.61. The molecule has 0 fully saturated rings. The van der Waals surface area contributed by atoms with Crippen LogP contribution < -0.4 is 5.32 Å². The van der Waals surface area contributed by atoms with Crippen molar-refractivity contribution in [3.8, 4) is 5.69 Å². The Morgan fingerprint density at radius 3 is 2.88 bits per heavy atom. The third kappa shape index (κ3) is 2.94. The van der Waals surface area contributed by atoms with Gasteiger partial charge in [-0.3, -0.25) is 0 Å². The summed E-state index contributed by atoms with van der Waals surface area (Å²) in [4.78, 5) is 0. The first-order chi connectivity index (χ1) is 8.31. The van der Waals surface area contributed by atoms with E-state index in [1.165, 1.54) is 11.1 Å². The minimum atomic E-state index is 1.05. The number of hydrogen-bond donors (Lipinski definition) is 1. The number of benzene rings is 1. The summed E-state index contributed by atoms with van der Waals surface area (Å²) in [6.45, 7) is 3.16. The molecule has 0 radical (unpaired) electrons. The first-order valence-electron chi connectivity index (χ1n) is 6.05. The quantitative estimate of drug-likeness (QED) is 0.797. The highest BCUT2D eigenvalue weighted by Crippen LogP contribution is 2.13. The average Bonchev–Trinajstić information content (AvgIpc) is 2.79. The lowest BCUT2D eigenvalue weighted by atomic mass is 10.2. The van der Waals surface area contributed by atoms with Gasteiger partial charge in [-0.05, 0) is 50.6 Å². The van der Waals surface area contributed by atoms with Crippen molar-refractivity contribution in [2.24, 2.45) is 0 Å². The summed E-state index contributed by atoms with van der Waals surface area (Å²) in [5, 5.41) is 7.58. The lowest BCUT2D eigenvalue weighted by Crippen LogP contribution is -2.08. The van der Waals surface area contributed by atoms with Gasteiger partial charge >= 0.3 is 0 Å². The summed E-state index contributed by atoms with van der Waals surface area (Å²) in [6.07, 6.45) is 6.31. The molecule has 0 unspecified atom stereocenters. The van der Waals surface area contributed by atoms with E-state index in [2.05, 4.69) is 41.7 Å². The van der Waals surface area contributed by atoms with Crippen molar-refractivity contribution >= 4 is 0 Å². The van der Waals surface area contributed by atoms with E-state index in [4.69, 9.17) is 0 Å². The average molecular weight is 229 g/mol. The van der Waals surface area contributed by atoms with Gasteiger partial charge < -0.3 is 5.32 Å². The van der Waals surface area contributed by atoms with E-state index in [-0.39, 0.29) is 0 Å². The lowest BCUT2D eigenvalue weighted by Gasteiger charge is -2.04. The van der Waals surface area contributed by atoms with Crippen LogP contribution in [0.2, 0.25) is 0 Å². The van der Waals surface area contributed by atoms with Gasteiger partial charge in [0.1, 0.15) is 0 Å². The molecule has 1 aromatic heterocycles. The molecule has 1 heterocycles. The maximum atomic E-state index is 4.42. The molecule has 0 saturated heterocycles. The monoisotopic (exact) mass is 229 g/mol. The Morgan fingerprint density at radius 2 is 2.12 bits per heavy atom. The Balaban J connectivity index is 2.10. The van der Waals surface area contributed by atoms with Crippen LogP contribution in [0.4, 0.5) is 0 Å². The molecule has 2 rings (SSSR count). The lowest BCUT2D eigenvalue weighted by molar-refractivity contribution is 0.724. The fourth-order valence-corrected chi connectivity index (χ4v) is 1.91. The normalized spacial score (nSPS) is 10.7. The van der Waals surface area contributed by atoms with Crippen LogP contribution in [-0.4, -0.2) is 23.4 Å². The zero-order valence-electron chi connectivity index (χ0n) is 10.5. The molecule has 1 aromatic carbocycles. The van der Waals surface area contributed by atoms with E-state index >= 15 is 0 Å². The summed E-state index contributed by atoms with van der Waals surface area (Å²) in [5.74, 6) is 0. The smallest absolute Gasteiger partial charge is 0.0674 e. The van der Waals surface area contributed by atoms with Gasteiger partial charge in [0.25, 0.3) is 0 Å². The van der Waals surface area contributed by atoms with Crippen molar-refractivity contribution in [1.82, 2.24) is 15.1 Å². The summed E-state index contributed by atoms with van der Waals surface area (Å²) in [7, 11) is 1.98. The molecular weight excluding hydrogens is 210 g/mol. The van der Waals surface area contributed by atoms with Crippen molar-refractivity contribution in [3.05, 3.63) is 47.8 Å². The molecule has 17 heavy (non-hydrogen) atoms. The van der Waals surface area contributed by atoms with Crippen LogP contribution in [0.3, 0.4) is 0 Å². The van der Waals surface area contributed by atoms with Gasteiger partial charge in [0.2, 0.25) is 0 Å². The van der Waals surface area contributed by atoms with Crippen molar-refractivity contribution in [2.75, 3.05) is 13.6 Å². The van der Waals surface area contributed by atoms with Crippen LogP contribution in [0.1, 0.15) is 17.5 Å². The predicted octanol–water partition coefficient (Wildman–Crippen LogP) is 2.33. The highest BCUT2D eigenvalue weighted by atomic mass is 15.3. The summed E-state index contributed by atoms with van der Waals surface area (Å²) in [5.41, 5.74) is 3.70. The predicted molar refractivity (Wildman–Crippen MR) is 70.5 cm³/mol. The topological polar surface area (TPSA) is 29.9 Å². The zero-order valence-corrected chi connectivity index (χ0v) is 10.5. The van der Waals surface area contributed by atoms with Crippen LogP contribution in [0.5, 0.6) is 0 Å². The van der Waals surface area contributed by atoms with Gasteiger partial charge in [-0.1, -0.05) is 18.2 Å². The minimum Gasteiger partial charge on any atom is -0.320 e. The Kier molecular flexibility index (Phi) is 3.94. The number of rotatable bonds is 5. The van der Waals surface area contributed by atoms with Crippen LogP contribution in [0, 0.1) is 6.92 Å². The summed E-state index contributed by atoms with van der Waals surface area (Å²) >= 11 is 0. The van der Waals surface area contributed by atoms with Crippen molar-refractivity contribution < 1.29 is 0 Å². The third-order valence-electron chi connectivity index (χ3n) is 2.89. The molecule has 0 amide bonds. The van der Waals surface area contributed by atoms with Gasteiger partial charge in [-0.15, -0.1) is 0 Å². The molecular formula is C14H19N3. The standard InChI is InChI=1S/C14H19N3/c1-12-6-3-4-8-14(12)17-11-13(10-16-17)7-5-9-15-2/h3-4,6,8,10-11,15H,5,7,9H2,1-2H3. The second kappa shape index (κ2) is 5.64. The molecule has 3 heteroatoms. The van der Waals surface area contributed by atoms with Gasteiger partial charge in [-0.25, -0.2) is 4.68 Å². The number of nitrogens with zero attached hydrogens (tertiary/aromatic N) is 2. The second-order valence-corrected chi connectivity index (χ2v) is 4.29. The highest BCUT2D eigenvalue weighted by molar-refractivity contribution is 5.39. The summed E-state index contributed by atoms with van der Waals surface area (Å²) < 4.78 is 1.96. The van der Waals surface area contributed by atoms with E-state index in [0.717, 1.165) is 25.1 Å². The molecule has 0 atom stereocenters. The molecule has 0 aliphatic heterocycles. The summed E-state index contributed by atoms with van der Waals surface area (Å²) in [6, 6.07) is 8.30. The number of nitrogens with one attached hydrogen (secondary N) is 1. The van der Waals surface area contributed by atoms with E-state index < -0.39 is 0 Å². The van der Waals surface area contributed by atoms with Gasteiger partial charge in [0, 0.05) is 6.20 Å². The first-order valence-corrected chi connectivity index (χ1v) is 6.05. The van der Waals surface area contributed by atoms with E-state index in [1.54, 1.807) is 0 Å². The van der Waals surface area contributed by atoms with Crippen LogP contribution in [-0.2, 0) is 6.42 Å². The zero-order chi connectivity index (χ0) is 12.1. The van der Waals surface area contributed by atoms with Gasteiger partial charge in [0.05, 0.1) is 11.9 Å². The van der Waals surface area contributed by atoms with Crippen molar-refractivity contribution in [2.45, 2.75) is 19.8 Å². The number of hydrogen-bond acceptors (Lipinski definition) is 2. The molecule has 90 valence electrons. The molecule has 2 aromatic rings. The number of aryl methyl sites for hydroxylation is 2. The largest absolute Gasteiger partial charge is 0.320 e. The molecule has 0 aliphatic rings. The van der Waals surface area contributed by atoms with Crippen LogP contribution in [0.15, 0.2) is 36.7 Å². The fourth-order valence-electron chi connectivity index (χ4n) is 1.91. The fraction of sp³-hybridized carbons (Fsp3) is 0.357. The Bertz CT molecular complexity index is 474. The molecule has 3 nitrogen and oxygen atoms in total. The van der Waals surface area contributed by atoms with Gasteiger partial charge in [-0.2, -0.15) is 5.10 Å². The van der Waals surface area contributed by atoms with Crippen molar-refractivity contribution in [3.63, 3.8) is 0 Å². The van der Waals surface area contributed by atoms with E-state index in [0.29, 0.717) is 0 Å². The van der Waals surface area contributed by atoms with Gasteiger partial charge in [0.15, 0.2) is 0 Å². The molecule has 0 bridgehead atoms. The second-order valence-electron chi connectivity index (χ2n) is 4.29.